The van der Waals surface area contributed by atoms with Gasteiger partial charge in [-0.1, -0.05) is 84.9 Å². The van der Waals surface area contributed by atoms with Gasteiger partial charge in [-0.3, -0.25) is 0 Å². The zero-order valence-corrected chi connectivity index (χ0v) is 18.2. The van der Waals surface area contributed by atoms with Crippen molar-refractivity contribution in [2.24, 2.45) is 0 Å². The van der Waals surface area contributed by atoms with Crippen molar-refractivity contribution >= 4 is 59.8 Å². The summed E-state index contributed by atoms with van der Waals surface area (Å²) in [5, 5.41) is 13.6. The summed E-state index contributed by atoms with van der Waals surface area (Å²) >= 11 is 0. The first kappa shape index (κ1) is 18.4. The molecule has 0 fully saturated rings. The molecule has 0 aliphatic carbocycles. The molecule has 0 unspecified atom stereocenters. The van der Waals surface area contributed by atoms with E-state index < -0.39 is 0 Å². The molecular weight excluding hydrogens is 400 g/mol. The number of pyridine rings is 1. The molecule has 0 atom stereocenters. The van der Waals surface area contributed by atoms with Crippen LogP contribution < -0.4 is 5.32 Å². The van der Waals surface area contributed by atoms with E-state index in [1.54, 1.807) is 0 Å². The summed E-state index contributed by atoms with van der Waals surface area (Å²) in [5.74, 6) is 0. The van der Waals surface area contributed by atoms with Crippen LogP contribution in [0.15, 0.2) is 103 Å². The van der Waals surface area contributed by atoms with E-state index in [9.17, 15) is 0 Å². The van der Waals surface area contributed by atoms with Crippen LogP contribution in [0.4, 0.5) is 5.69 Å². The fourth-order valence-corrected chi connectivity index (χ4v) is 5.35. The number of rotatable bonds is 0. The van der Waals surface area contributed by atoms with Crippen LogP contribution >= 0.6 is 0 Å². The summed E-state index contributed by atoms with van der Waals surface area (Å²) in [6, 6.07) is 36.7. The third-order valence-electron chi connectivity index (χ3n) is 6.88. The fraction of sp³-hybridized carbons (Fsp3) is 0.0645. The highest BCUT2D eigenvalue weighted by Gasteiger charge is 2.14. The number of fused-ring (bicyclic) bond motifs is 5. The smallest absolute Gasteiger partial charge is 0.0794 e. The number of anilines is 1. The van der Waals surface area contributed by atoms with Crippen molar-refractivity contribution in [2.75, 3.05) is 11.9 Å². The van der Waals surface area contributed by atoms with Crippen molar-refractivity contribution < 1.29 is 0 Å². The molecule has 0 radical (unpaired) electrons. The summed E-state index contributed by atoms with van der Waals surface area (Å²) in [4.78, 5) is 5.03. The lowest BCUT2D eigenvalue weighted by Gasteiger charge is -2.14. The van der Waals surface area contributed by atoms with Gasteiger partial charge < -0.3 is 5.32 Å². The highest BCUT2D eigenvalue weighted by atomic mass is 14.9. The van der Waals surface area contributed by atoms with Crippen LogP contribution in [0.25, 0.3) is 54.1 Å². The Hall–Kier alpha value is -4.17. The summed E-state index contributed by atoms with van der Waals surface area (Å²) in [5.41, 5.74) is 4.93. The van der Waals surface area contributed by atoms with E-state index in [0.29, 0.717) is 0 Å². The molecule has 2 heterocycles. The minimum absolute atomic E-state index is 1.06. The van der Waals surface area contributed by atoms with Gasteiger partial charge in [0.15, 0.2) is 0 Å². The second-order valence-corrected chi connectivity index (χ2v) is 8.78. The summed E-state index contributed by atoms with van der Waals surface area (Å²) in [6.45, 7) is 1.11. The average Bonchev–Trinajstić information content (AvgIpc) is 3.36. The van der Waals surface area contributed by atoms with Crippen LogP contribution in [0.5, 0.6) is 0 Å². The molecule has 1 aliphatic rings. The highest BCUT2D eigenvalue weighted by Crippen LogP contribution is 2.40. The normalized spacial score (nSPS) is 12.8. The Labute approximate surface area is 191 Å². The molecule has 0 saturated carbocycles. The lowest BCUT2D eigenvalue weighted by Crippen LogP contribution is -1.90. The Kier molecular flexibility index (Phi) is 4.00. The number of nitrogens with one attached hydrogen (secondary N) is 1. The van der Waals surface area contributed by atoms with Gasteiger partial charge in [-0.05, 0) is 57.1 Å². The van der Waals surface area contributed by atoms with Crippen LogP contribution in [0.2, 0.25) is 0 Å². The number of nitrogens with zero attached hydrogens (tertiary/aromatic N) is 1. The summed E-state index contributed by atoms with van der Waals surface area (Å²) in [6.07, 6.45) is 1.19. The molecule has 0 saturated heterocycles. The Balaban J connectivity index is 0.000000177. The second kappa shape index (κ2) is 7.18. The van der Waals surface area contributed by atoms with E-state index >= 15 is 0 Å². The number of benzene rings is 6. The third-order valence-corrected chi connectivity index (χ3v) is 6.88. The van der Waals surface area contributed by atoms with E-state index in [0.717, 1.165) is 17.6 Å². The minimum Gasteiger partial charge on any atom is -0.384 e. The zero-order valence-electron chi connectivity index (χ0n) is 18.2. The summed E-state index contributed by atoms with van der Waals surface area (Å²) < 4.78 is 0. The van der Waals surface area contributed by atoms with E-state index in [1.807, 2.05) is 0 Å². The minimum atomic E-state index is 1.06. The second-order valence-electron chi connectivity index (χ2n) is 8.78. The highest BCUT2D eigenvalue weighted by molar-refractivity contribution is 6.33. The Morgan fingerprint density at radius 1 is 0.576 bits per heavy atom. The van der Waals surface area contributed by atoms with E-state index in [2.05, 4.69) is 108 Å². The van der Waals surface area contributed by atoms with Gasteiger partial charge in [0.2, 0.25) is 0 Å². The number of para-hydroxylation sites is 2. The maximum atomic E-state index is 5.03. The molecule has 1 N–H and O–H groups in total. The van der Waals surface area contributed by atoms with Crippen LogP contribution in [-0.4, -0.2) is 11.5 Å². The quantitative estimate of drug-likeness (QED) is 0.198. The molecule has 2 heteroatoms. The SMILES string of the molecule is c1ccc2c(c1)CCN2.c1ccc2nc3c(cc2c1)c1cccc2ccc4cccc3c4c21. The fourth-order valence-electron chi connectivity index (χ4n) is 5.35. The van der Waals surface area contributed by atoms with Crippen molar-refractivity contribution in [2.45, 2.75) is 6.42 Å². The first-order chi connectivity index (χ1) is 16.4. The lowest BCUT2D eigenvalue weighted by molar-refractivity contribution is 1.11. The van der Waals surface area contributed by atoms with Gasteiger partial charge in [-0.25, -0.2) is 4.98 Å². The summed E-state index contributed by atoms with van der Waals surface area (Å²) in [7, 11) is 0. The third kappa shape index (κ3) is 2.84. The van der Waals surface area contributed by atoms with Crippen LogP contribution in [0.1, 0.15) is 5.56 Å². The lowest BCUT2D eigenvalue weighted by atomic mass is 9.91. The molecule has 156 valence electrons. The van der Waals surface area contributed by atoms with Gasteiger partial charge in [0.25, 0.3) is 0 Å². The molecule has 0 bridgehead atoms. The monoisotopic (exact) mass is 422 g/mol. The molecule has 33 heavy (non-hydrogen) atoms. The zero-order chi connectivity index (χ0) is 21.8. The van der Waals surface area contributed by atoms with Crippen LogP contribution in [-0.2, 0) is 6.42 Å². The standard InChI is InChI=1S/C23H13N.C8H9N/c1-2-10-20-16(5-1)13-19-17-8-3-6-14-11-12-15-7-4-9-18(23(19)24-20)22(15)21(14)17;1-2-4-8-7(3-1)5-6-9-8/h1-13H;1-4,9H,5-6H2. The number of hydrogen-bond acceptors (Lipinski definition) is 2. The number of aromatic nitrogens is 1. The molecule has 2 nitrogen and oxygen atoms in total. The molecule has 8 rings (SSSR count). The van der Waals surface area contributed by atoms with Gasteiger partial charge in [0, 0.05) is 28.4 Å². The van der Waals surface area contributed by atoms with E-state index in [1.165, 1.54) is 60.8 Å². The molecule has 0 amide bonds. The van der Waals surface area contributed by atoms with Crippen molar-refractivity contribution in [1.29, 1.82) is 0 Å². The van der Waals surface area contributed by atoms with Crippen LogP contribution in [0.3, 0.4) is 0 Å². The predicted octanol–water partition coefficient (Wildman–Crippen LogP) is 7.94. The van der Waals surface area contributed by atoms with Gasteiger partial charge in [0.05, 0.1) is 11.0 Å². The maximum absolute atomic E-state index is 5.03. The average molecular weight is 423 g/mol. The van der Waals surface area contributed by atoms with Crippen molar-refractivity contribution in [3.63, 3.8) is 0 Å². The molecule has 0 spiro atoms. The van der Waals surface area contributed by atoms with Crippen molar-refractivity contribution in [1.82, 2.24) is 4.98 Å². The van der Waals surface area contributed by atoms with Gasteiger partial charge >= 0.3 is 0 Å². The predicted molar refractivity (Wildman–Crippen MR) is 142 cm³/mol. The topological polar surface area (TPSA) is 24.9 Å². The largest absolute Gasteiger partial charge is 0.384 e. The van der Waals surface area contributed by atoms with Crippen LogP contribution in [0, 0.1) is 0 Å². The molecule has 1 aromatic heterocycles. The van der Waals surface area contributed by atoms with Gasteiger partial charge in [0.1, 0.15) is 0 Å². The maximum Gasteiger partial charge on any atom is 0.0794 e. The number of hydrogen-bond donors (Lipinski definition) is 1. The molecular formula is C31H22N2. The Morgan fingerprint density at radius 3 is 2.12 bits per heavy atom. The Morgan fingerprint density at radius 2 is 1.27 bits per heavy atom. The van der Waals surface area contributed by atoms with E-state index in [4.69, 9.17) is 4.98 Å². The van der Waals surface area contributed by atoms with Gasteiger partial charge in [-0.2, -0.15) is 0 Å². The van der Waals surface area contributed by atoms with Crippen molar-refractivity contribution in [3.8, 4) is 0 Å². The van der Waals surface area contributed by atoms with Crippen molar-refractivity contribution in [3.05, 3.63) is 109 Å². The Bertz CT molecular complexity index is 1670. The first-order valence-corrected chi connectivity index (χ1v) is 11.5. The molecule has 1 aliphatic heterocycles. The molecule has 7 aromatic rings. The molecule has 6 aromatic carbocycles. The van der Waals surface area contributed by atoms with E-state index in [-0.39, 0.29) is 0 Å². The first-order valence-electron chi connectivity index (χ1n) is 11.5. The van der Waals surface area contributed by atoms with Gasteiger partial charge in [-0.15, -0.1) is 0 Å².